The van der Waals surface area contributed by atoms with Crippen LogP contribution in [0.5, 0.6) is 0 Å². The average Bonchev–Trinajstić information content (AvgIpc) is 2.47. The minimum absolute atomic E-state index is 0.187. The molecule has 3 N–H and O–H groups in total. The number of hydrogen-bond acceptors (Lipinski definition) is 4. The van der Waals surface area contributed by atoms with Crippen LogP contribution < -0.4 is 10.7 Å². The Labute approximate surface area is 123 Å². The number of amides is 1. The Morgan fingerprint density at radius 3 is 1.81 bits per heavy atom. The zero-order valence-electron chi connectivity index (χ0n) is 11.5. The van der Waals surface area contributed by atoms with E-state index in [2.05, 4.69) is 0 Å². The molecule has 2 aromatic rings. The lowest BCUT2D eigenvalue weighted by molar-refractivity contribution is -0.155. The molecule has 0 atom stereocenters. The highest BCUT2D eigenvalue weighted by atomic mass is 16.3. The van der Waals surface area contributed by atoms with E-state index in [1.165, 1.54) is 0 Å². The van der Waals surface area contributed by atoms with Crippen molar-refractivity contribution < 1.29 is 9.90 Å². The van der Waals surface area contributed by atoms with Gasteiger partial charge in [0, 0.05) is 0 Å². The third-order valence-corrected chi connectivity index (χ3v) is 3.63. The summed E-state index contributed by atoms with van der Waals surface area (Å²) >= 11 is 0. The maximum absolute atomic E-state index is 11.3. The van der Waals surface area contributed by atoms with E-state index in [1.54, 1.807) is 0 Å². The Hall–Kier alpha value is -2.37. The fourth-order valence-electron chi connectivity index (χ4n) is 2.47. The molecule has 108 valence electrons. The minimum Gasteiger partial charge on any atom is -0.377 e. The molecule has 1 amide bonds. The number of nitrogens with two attached hydrogens (primary N) is 1. The maximum atomic E-state index is 11.3. The summed E-state index contributed by atoms with van der Waals surface area (Å²) in [7, 11) is 0. The third-order valence-electron chi connectivity index (χ3n) is 3.63. The lowest BCUT2D eigenvalue weighted by Gasteiger charge is -2.50. The fraction of sp³-hybridized carbons (Fsp3) is 0.188. The number of nitrogens with zero attached hydrogens (tertiary/aromatic N) is 2. The SMILES string of the molecule is NC(=O)C1(O)CN(N(c2ccccc2)c2ccccc2)C1. The third kappa shape index (κ3) is 2.49. The average molecular weight is 283 g/mol. The van der Waals surface area contributed by atoms with Gasteiger partial charge in [-0.2, -0.15) is 0 Å². The van der Waals surface area contributed by atoms with Gasteiger partial charge in [-0.05, 0) is 24.3 Å². The summed E-state index contributed by atoms with van der Waals surface area (Å²) in [5, 5.41) is 13.9. The Balaban J connectivity index is 1.91. The van der Waals surface area contributed by atoms with Crippen molar-refractivity contribution in [3.05, 3.63) is 60.7 Å². The van der Waals surface area contributed by atoms with Gasteiger partial charge in [0.1, 0.15) is 0 Å². The molecule has 0 spiro atoms. The normalized spacial score (nSPS) is 17.0. The molecular weight excluding hydrogens is 266 g/mol. The van der Waals surface area contributed by atoms with Gasteiger partial charge in [-0.3, -0.25) is 9.80 Å². The number of carbonyl (C=O) groups excluding carboxylic acids is 1. The molecule has 5 heteroatoms. The Morgan fingerprint density at radius 2 is 1.43 bits per heavy atom. The summed E-state index contributed by atoms with van der Waals surface area (Å²) in [4.78, 5) is 11.3. The second-order valence-electron chi connectivity index (χ2n) is 5.20. The van der Waals surface area contributed by atoms with Crippen molar-refractivity contribution in [2.75, 3.05) is 18.1 Å². The minimum atomic E-state index is -1.44. The number of aliphatic hydroxyl groups is 1. The first kappa shape index (κ1) is 13.6. The van der Waals surface area contributed by atoms with E-state index in [0.717, 1.165) is 11.4 Å². The van der Waals surface area contributed by atoms with Crippen LogP contribution in [0.25, 0.3) is 0 Å². The molecule has 3 rings (SSSR count). The highest BCUT2D eigenvalue weighted by molar-refractivity contribution is 5.85. The molecule has 1 aliphatic rings. The van der Waals surface area contributed by atoms with Crippen molar-refractivity contribution in [2.24, 2.45) is 5.73 Å². The highest BCUT2D eigenvalue weighted by Crippen LogP contribution is 2.33. The predicted molar refractivity (Wildman–Crippen MR) is 80.7 cm³/mol. The maximum Gasteiger partial charge on any atom is 0.252 e. The van der Waals surface area contributed by atoms with E-state index in [4.69, 9.17) is 5.73 Å². The lowest BCUT2D eigenvalue weighted by atomic mass is 9.95. The predicted octanol–water partition coefficient (Wildman–Crippen LogP) is 1.27. The zero-order valence-corrected chi connectivity index (χ0v) is 11.5. The Morgan fingerprint density at radius 1 is 1.00 bits per heavy atom. The fourth-order valence-corrected chi connectivity index (χ4v) is 2.47. The van der Waals surface area contributed by atoms with Crippen molar-refractivity contribution in [3.8, 4) is 0 Å². The molecule has 1 fully saturated rings. The molecule has 2 aromatic carbocycles. The molecule has 0 aliphatic carbocycles. The van der Waals surface area contributed by atoms with Crippen LogP contribution in [0.2, 0.25) is 0 Å². The van der Waals surface area contributed by atoms with Gasteiger partial charge in [-0.1, -0.05) is 36.4 Å². The molecular formula is C16H17N3O2. The number of rotatable bonds is 4. The number of anilines is 2. The van der Waals surface area contributed by atoms with Crippen LogP contribution in [0.15, 0.2) is 60.7 Å². The van der Waals surface area contributed by atoms with Crippen LogP contribution in [-0.2, 0) is 4.79 Å². The van der Waals surface area contributed by atoms with E-state index < -0.39 is 11.5 Å². The number of hydrogen-bond donors (Lipinski definition) is 2. The molecule has 0 radical (unpaired) electrons. The van der Waals surface area contributed by atoms with E-state index >= 15 is 0 Å². The monoisotopic (exact) mass is 283 g/mol. The van der Waals surface area contributed by atoms with Gasteiger partial charge in [-0.15, -0.1) is 0 Å². The molecule has 0 unspecified atom stereocenters. The summed E-state index contributed by atoms with van der Waals surface area (Å²) in [6, 6.07) is 19.6. The molecule has 0 saturated carbocycles. The van der Waals surface area contributed by atoms with Gasteiger partial charge >= 0.3 is 0 Å². The van der Waals surface area contributed by atoms with Crippen molar-refractivity contribution in [2.45, 2.75) is 5.60 Å². The molecule has 1 heterocycles. The lowest BCUT2D eigenvalue weighted by Crippen LogP contribution is -2.71. The number of primary amides is 1. The van der Waals surface area contributed by atoms with Crippen molar-refractivity contribution in [1.29, 1.82) is 0 Å². The Bertz CT molecular complexity index is 585. The number of β-amino-alcohol motifs (C(OH)–C–C–N with tert-alkyl or cyclic N) is 1. The first-order valence-corrected chi connectivity index (χ1v) is 6.77. The zero-order chi connectivity index (χ0) is 14.9. The van der Waals surface area contributed by atoms with Gasteiger partial charge < -0.3 is 10.8 Å². The molecule has 0 bridgehead atoms. The first-order chi connectivity index (χ1) is 10.1. The van der Waals surface area contributed by atoms with Crippen molar-refractivity contribution in [3.63, 3.8) is 0 Å². The van der Waals surface area contributed by atoms with Crippen LogP contribution in [0.1, 0.15) is 0 Å². The van der Waals surface area contributed by atoms with Crippen LogP contribution in [-0.4, -0.2) is 34.7 Å². The standard InChI is InChI=1S/C16H17N3O2/c17-15(20)16(21)11-18(12-16)19(13-7-3-1-4-8-13)14-9-5-2-6-10-14/h1-10,21H,11-12H2,(H2,17,20). The molecule has 5 nitrogen and oxygen atoms in total. The molecule has 1 aliphatic heterocycles. The van der Waals surface area contributed by atoms with E-state index in [1.807, 2.05) is 70.7 Å². The van der Waals surface area contributed by atoms with Crippen LogP contribution in [0.4, 0.5) is 11.4 Å². The first-order valence-electron chi connectivity index (χ1n) is 6.77. The van der Waals surface area contributed by atoms with Crippen LogP contribution in [0, 0.1) is 0 Å². The van der Waals surface area contributed by atoms with Gasteiger partial charge in [0.2, 0.25) is 0 Å². The summed E-state index contributed by atoms with van der Waals surface area (Å²) in [6.45, 7) is 0.373. The van der Waals surface area contributed by atoms with Gasteiger partial charge in [0.25, 0.3) is 5.91 Å². The van der Waals surface area contributed by atoms with E-state index in [0.29, 0.717) is 0 Å². The number of carbonyl (C=O) groups is 1. The number of hydrazine groups is 1. The van der Waals surface area contributed by atoms with Gasteiger partial charge in [0.15, 0.2) is 5.60 Å². The number of para-hydroxylation sites is 2. The highest BCUT2D eigenvalue weighted by Gasteiger charge is 2.49. The summed E-state index contributed by atoms with van der Waals surface area (Å²) in [6.07, 6.45) is 0. The second kappa shape index (κ2) is 5.20. The van der Waals surface area contributed by atoms with Gasteiger partial charge in [0.05, 0.1) is 24.5 Å². The smallest absolute Gasteiger partial charge is 0.252 e. The number of benzene rings is 2. The van der Waals surface area contributed by atoms with Gasteiger partial charge in [-0.25, -0.2) is 5.01 Å². The van der Waals surface area contributed by atoms with Crippen LogP contribution >= 0.6 is 0 Å². The molecule has 1 saturated heterocycles. The molecule has 0 aromatic heterocycles. The summed E-state index contributed by atoms with van der Waals surface area (Å²) < 4.78 is 0. The molecule has 21 heavy (non-hydrogen) atoms. The van der Waals surface area contributed by atoms with E-state index in [9.17, 15) is 9.90 Å². The van der Waals surface area contributed by atoms with Crippen LogP contribution in [0.3, 0.4) is 0 Å². The Kier molecular flexibility index (Phi) is 3.37. The topological polar surface area (TPSA) is 69.8 Å². The quantitative estimate of drug-likeness (QED) is 0.886. The van der Waals surface area contributed by atoms with Crippen molar-refractivity contribution >= 4 is 17.3 Å². The largest absolute Gasteiger partial charge is 0.377 e. The summed E-state index contributed by atoms with van der Waals surface area (Å²) in [5.41, 5.74) is 5.73. The second-order valence-corrected chi connectivity index (χ2v) is 5.20. The summed E-state index contributed by atoms with van der Waals surface area (Å²) in [5.74, 6) is -0.681. The van der Waals surface area contributed by atoms with Crippen molar-refractivity contribution in [1.82, 2.24) is 5.01 Å². The van der Waals surface area contributed by atoms with E-state index in [-0.39, 0.29) is 13.1 Å².